The first-order valence-electron chi connectivity index (χ1n) is 9.53. The molecule has 0 atom stereocenters. The van der Waals surface area contributed by atoms with Gasteiger partial charge in [0.05, 0.1) is 6.54 Å². The van der Waals surface area contributed by atoms with Crippen LogP contribution in [-0.4, -0.2) is 37.6 Å². The number of nitrogens with zero attached hydrogens (tertiary/aromatic N) is 1. The third-order valence-electron chi connectivity index (χ3n) is 4.86. The summed E-state index contributed by atoms with van der Waals surface area (Å²) in [4.78, 5) is 24.6. The number of thiophene rings is 1. The average Bonchev–Trinajstić information content (AvgIpc) is 3.18. The van der Waals surface area contributed by atoms with Gasteiger partial charge >= 0.3 is 0 Å². The molecule has 1 aromatic carbocycles. The molecule has 1 aromatic heterocycles. The average molecular weight is 436 g/mol. The van der Waals surface area contributed by atoms with Crippen molar-refractivity contribution in [2.75, 3.05) is 18.4 Å². The second kappa shape index (κ2) is 9.06. The van der Waals surface area contributed by atoms with Gasteiger partial charge in [-0.1, -0.05) is 12.5 Å². The number of nitrogens with one attached hydrogen (secondary N) is 2. The molecule has 0 radical (unpaired) electrons. The number of hydrogen-bond donors (Lipinski definition) is 2. The number of sulfonamides is 1. The predicted octanol–water partition coefficient (Wildman–Crippen LogP) is 3.12. The van der Waals surface area contributed by atoms with Crippen LogP contribution in [0.1, 0.15) is 47.0 Å². The van der Waals surface area contributed by atoms with Crippen molar-refractivity contribution in [3.8, 4) is 0 Å². The van der Waals surface area contributed by atoms with Gasteiger partial charge in [-0.2, -0.15) is 4.31 Å². The highest BCUT2D eigenvalue weighted by Crippen LogP contribution is 2.27. The zero-order chi connectivity index (χ0) is 21.0. The lowest BCUT2D eigenvalue weighted by Gasteiger charge is -2.25. The summed E-state index contributed by atoms with van der Waals surface area (Å²) in [6.45, 7) is 4.56. The van der Waals surface area contributed by atoms with Gasteiger partial charge in [0.2, 0.25) is 5.91 Å². The van der Waals surface area contributed by atoms with Crippen LogP contribution in [0.4, 0.5) is 5.69 Å². The van der Waals surface area contributed by atoms with Crippen LogP contribution < -0.4 is 10.6 Å². The van der Waals surface area contributed by atoms with E-state index in [-0.39, 0.29) is 18.4 Å². The number of carbonyl (C=O) groups is 2. The highest BCUT2D eigenvalue weighted by atomic mass is 32.2. The van der Waals surface area contributed by atoms with Crippen molar-refractivity contribution >= 4 is 38.9 Å². The summed E-state index contributed by atoms with van der Waals surface area (Å²) < 4.78 is 27.3. The number of rotatable bonds is 6. The molecule has 0 spiro atoms. The van der Waals surface area contributed by atoms with Crippen LogP contribution in [0.15, 0.2) is 34.5 Å². The Morgan fingerprint density at radius 3 is 2.52 bits per heavy atom. The zero-order valence-electron chi connectivity index (χ0n) is 16.5. The Labute approximate surface area is 175 Å². The van der Waals surface area contributed by atoms with Crippen molar-refractivity contribution in [1.29, 1.82) is 0 Å². The number of hydrogen-bond acceptors (Lipinski definition) is 5. The van der Waals surface area contributed by atoms with E-state index in [4.69, 9.17) is 0 Å². The molecule has 9 heteroatoms. The Morgan fingerprint density at radius 1 is 1.10 bits per heavy atom. The maximum absolute atomic E-state index is 12.7. The van der Waals surface area contributed by atoms with Crippen molar-refractivity contribution in [3.05, 3.63) is 46.3 Å². The Hall–Kier alpha value is -2.23. The molecule has 2 amide bonds. The van der Waals surface area contributed by atoms with Gasteiger partial charge in [-0.25, -0.2) is 8.42 Å². The largest absolute Gasteiger partial charge is 0.347 e. The van der Waals surface area contributed by atoms with Crippen LogP contribution in [0.5, 0.6) is 0 Å². The van der Waals surface area contributed by atoms with Gasteiger partial charge in [-0.15, -0.1) is 11.3 Å². The van der Waals surface area contributed by atoms with Crippen molar-refractivity contribution in [2.24, 2.45) is 0 Å². The summed E-state index contributed by atoms with van der Waals surface area (Å²) in [7, 11) is -3.46. The van der Waals surface area contributed by atoms with Gasteiger partial charge in [0.15, 0.2) is 0 Å². The van der Waals surface area contributed by atoms with Gasteiger partial charge in [-0.3, -0.25) is 9.59 Å². The smallest absolute Gasteiger partial charge is 0.252 e. The van der Waals surface area contributed by atoms with Crippen LogP contribution >= 0.6 is 11.3 Å². The quantitative estimate of drug-likeness (QED) is 0.729. The summed E-state index contributed by atoms with van der Waals surface area (Å²) in [6, 6.07) is 8.49. The third kappa shape index (κ3) is 5.04. The van der Waals surface area contributed by atoms with E-state index in [0.717, 1.165) is 24.1 Å². The first-order valence-corrected chi connectivity index (χ1v) is 11.8. The van der Waals surface area contributed by atoms with Crippen molar-refractivity contribution in [1.82, 2.24) is 9.62 Å². The Morgan fingerprint density at radius 2 is 1.83 bits per heavy atom. The highest BCUT2D eigenvalue weighted by Gasteiger charge is 2.27. The monoisotopic (exact) mass is 435 g/mol. The molecule has 1 aliphatic rings. The summed E-state index contributed by atoms with van der Waals surface area (Å²) in [5.74, 6) is -0.477. The Kier molecular flexibility index (Phi) is 6.71. The van der Waals surface area contributed by atoms with E-state index in [1.54, 1.807) is 41.6 Å². The number of benzene rings is 1. The van der Waals surface area contributed by atoms with E-state index in [2.05, 4.69) is 10.6 Å². The van der Waals surface area contributed by atoms with Crippen molar-refractivity contribution < 1.29 is 18.0 Å². The molecule has 29 heavy (non-hydrogen) atoms. The Balaban J connectivity index is 1.67. The van der Waals surface area contributed by atoms with E-state index in [0.29, 0.717) is 34.1 Å². The first-order chi connectivity index (χ1) is 13.8. The fourth-order valence-electron chi connectivity index (χ4n) is 3.29. The molecule has 1 fully saturated rings. The zero-order valence-corrected chi connectivity index (χ0v) is 18.2. The molecule has 0 saturated carbocycles. The van der Waals surface area contributed by atoms with Crippen molar-refractivity contribution in [3.63, 3.8) is 0 Å². The van der Waals surface area contributed by atoms with Gasteiger partial charge in [0, 0.05) is 36.1 Å². The fourth-order valence-corrected chi connectivity index (χ4v) is 6.26. The molecule has 0 bridgehead atoms. The molecule has 3 rings (SSSR count). The SMILES string of the molecule is CC(=O)Nc1cccc(C(=O)NCc2ccc(S(=O)(=O)N3CCCCC3)s2)c1C. The molecule has 0 aliphatic carbocycles. The van der Waals surface area contributed by atoms with Gasteiger partial charge in [-0.05, 0) is 49.6 Å². The third-order valence-corrected chi connectivity index (χ3v) is 8.31. The Bertz CT molecular complexity index is 1010. The minimum Gasteiger partial charge on any atom is -0.347 e. The van der Waals surface area contributed by atoms with Gasteiger partial charge in [0.1, 0.15) is 4.21 Å². The minimum atomic E-state index is -3.46. The molecule has 156 valence electrons. The molecule has 2 N–H and O–H groups in total. The van der Waals surface area contributed by atoms with Crippen LogP contribution in [0.2, 0.25) is 0 Å². The minimum absolute atomic E-state index is 0.202. The lowest BCUT2D eigenvalue weighted by molar-refractivity contribution is -0.114. The van der Waals surface area contributed by atoms with E-state index in [1.165, 1.54) is 18.3 Å². The molecule has 0 unspecified atom stereocenters. The van der Waals surface area contributed by atoms with Crippen LogP contribution in [0.25, 0.3) is 0 Å². The van der Waals surface area contributed by atoms with E-state index >= 15 is 0 Å². The van der Waals surface area contributed by atoms with Gasteiger partial charge in [0.25, 0.3) is 15.9 Å². The van der Waals surface area contributed by atoms with Crippen LogP contribution in [0.3, 0.4) is 0 Å². The second-order valence-corrected chi connectivity index (χ2v) is 10.4. The summed E-state index contributed by atoms with van der Waals surface area (Å²) in [5.41, 5.74) is 1.74. The number of piperidine rings is 1. The van der Waals surface area contributed by atoms with Gasteiger partial charge < -0.3 is 10.6 Å². The molecule has 7 nitrogen and oxygen atoms in total. The first kappa shape index (κ1) is 21.5. The fraction of sp³-hybridized carbons (Fsp3) is 0.400. The molecule has 1 aliphatic heterocycles. The summed E-state index contributed by atoms with van der Waals surface area (Å²) in [5, 5.41) is 5.54. The summed E-state index contributed by atoms with van der Waals surface area (Å²) in [6.07, 6.45) is 2.85. The second-order valence-electron chi connectivity index (χ2n) is 7.03. The van der Waals surface area contributed by atoms with E-state index in [9.17, 15) is 18.0 Å². The molecule has 1 saturated heterocycles. The standard InChI is InChI=1S/C20H25N3O4S2/c1-14-17(7-6-8-18(14)22-15(2)24)20(25)21-13-16-9-10-19(28-16)29(26,27)23-11-4-3-5-12-23/h6-10H,3-5,11-13H2,1-2H3,(H,21,25)(H,22,24). The lowest BCUT2D eigenvalue weighted by atomic mass is 10.1. The molecular formula is C20H25N3O4S2. The normalized spacial score (nSPS) is 15.1. The van der Waals surface area contributed by atoms with Crippen LogP contribution in [0, 0.1) is 6.92 Å². The molecule has 2 aromatic rings. The maximum atomic E-state index is 12.7. The van der Waals surface area contributed by atoms with Crippen LogP contribution in [-0.2, 0) is 21.4 Å². The number of carbonyl (C=O) groups excluding carboxylic acids is 2. The number of anilines is 1. The number of amides is 2. The van der Waals surface area contributed by atoms with Crippen molar-refractivity contribution in [2.45, 2.75) is 43.9 Å². The molecule has 2 heterocycles. The summed E-state index contributed by atoms with van der Waals surface area (Å²) >= 11 is 1.19. The predicted molar refractivity (Wildman–Crippen MR) is 114 cm³/mol. The topological polar surface area (TPSA) is 95.6 Å². The lowest BCUT2D eigenvalue weighted by Crippen LogP contribution is -2.35. The van der Waals surface area contributed by atoms with E-state index < -0.39 is 10.0 Å². The van der Waals surface area contributed by atoms with E-state index in [1.807, 2.05) is 0 Å². The maximum Gasteiger partial charge on any atom is 0.252 e. The molecular weight excluding hydrogens is 410 g/mol. The highest BCUT2D eigenvalue weighted by molar-refractivity contribution is 7.91.